The molecule has 0 saturated heterocycles. The first-order chi connectivity index (χ1) is 7.53. The molecule has 96 valence electrons. The average molecular weight is 280 g/mol. The molecule has 0 fully saturated rings. The monoisotopic (exact) mass is 280 g/mol. The lowest BCUT2D eigenvalue weighted by molar-refractivity contribution is 0.384. The Hall–Kier alpha value is -0.880. The van der Waals surface area contributed by atoms with E-state index in [4.69, 9.17) is 4.89 Å². The molecule has 1 atom stereocenters. The van der Waals surface area contributed by atoms with Gasteiger partial charge in [-0.2, -0.15) is 12.4 Å². The van der Waals surface area contributed by atoms with Crippen LogP contribution >= 0.6 is 7.60 Å². The highest BCUT2D eigenvalue weighted by molar-refractivity contribution is 7.91. The molecule has 0 aromatic heterocycles. The van der Waals surface area contributed by atoms with Crippen molar-refractivity contribution in [1.82, 2.24) is 0 Å². The summed E-state index contributed by atoms with van der Waals surface area (Å²) in [6.45, 7) is 3.82. The van der Waals surface area contributed by atoms with Gasteiger partial charge >= 0.3 is 17.7 Å². The van der Waals surface area contributed by atoms with Crippen LogP contribution in [0.1, 0.15) is 11.1 Å². The van der Waals surface area contributed by atoms with Gasteiger partial charge in [0.25, 0.3) is 0 Å². The van der Waals surface area contributed by atoms with E-state index in [9.17, 15) is 18.1 Å². The highest BCUT2D eigenvalue weighted by atomic mass is 32.2. The predicted molar refractivity (Wildman–Crippen MR) is 61.6 cm³/mol. The molecule has 0 aliphatic carbocycles. The summed E-state index contributed by atoms with van der Waals surface area (Å²) in [6.07, 6.45) is 0. The second-order valence-electron chi connectivity index (χ2n) is 3.74. The van der Waals surface area contributed by atoms with Gasteiger partial charge in [0, 0.05) is 6.66 Å². The van der Waals surface area contributed by atoms with Crippen LogP contribution in [0.15, 0.2) is 17.0 Å². The number of aryl methyl sites for hydroxylation is 2. The number of hydrogen-bond donors (Lipinski definition) is 2. The van der Waals surface area contributed by atoms with Crippen LogP contribution in [0.2, 0.25) is 0 Å². The van der Waals surface area contributed by atoms with E-state index in [1.165, 1.54) is 26.0 Å². The van der Waals surface area contributed by atoms with Crippen LogP contribution in [-0.2, 0) is 18.7 Å². The summed E-state index contributed by atoms with van der Waals surface area (Å²) in [6, 6.07) is 2.35. The number of phenols is 1. The molecule has 0 radical (unpaired) electrons. The van der Waals surface area contributed by atoms with Crippen LogP contribution < -0.4 is 0 Å². The fourth-order valence-electron chi connectivity index (χ4n) is 1.29. The first-order valence-electron chi connectivity index (χ1n) is 4.59. The Labute approximate surface area is 99.5 Å². The van der Waals surface area contributed by atoms with Crippen molar-refractivity contribution >= 4 is 17.7 Å². The molecule has 1 aromatic carbocycles. The average Bonchev–Trinajstić information content (AvgIpc) is 2.09. The Balaban J connectivity index is 3.31. The van der Waals surface area contributed by atoms with Crippen LogP contribution in [0.25, 0.3) is 0 Å². The Morgan fingerprint density at radius 2 is 1.65 bits per heavy atom. The largest absolute Gasteiger partial charge is 0.507 e. The summed E-state index contributed by atoms with van der Waals surface area (Å²) in [7, 11) is -8.45. The molecule has 2 N–H and O–H groups in total. The van der Waals surface area contributed by atoms with Crippen molar-refractivity contribution in [3.05, 3.63) is 23.3 Å². The summed E-state index contributed by atoms with van der Waals surface area (Å²) in [4.78, 5) is 8.65. The maximum absolute atomic E-state index is 11.6. The molecule has 1 rings (SSSR count). The molecular weight excluding hydrogens is 267 g/mol. The van der Waals surface area contributed by atoms with Crippen molar-refractivity contribution in [2.75, 3.05) is 6.66 Å². The zero-order chi connectivity index (χ0) is 13.4. The topological polar surface area (TPSA) is 101 Å². The molecule has 1 aromatic rings. The molecule has 17 heavy (non-hydrogen) atoms. The molecule has 0 spiro atoms. The molecule has 0 bridgehead atoms. The third-order valence-electron chi connectivity index (χ3n) is 1.99. The minimum atomic E-state index is -4.30. The van der Waals surface area contributed by atoms with E-state index in [1.54, 1.807) is 0 Å². The summed E-state index contributed by atoms with van der Waals surface area (Å²) in [5.74, 6) is -0.0207. The number of benzene rings is 1. The van der Waals surface area contributed by atoms with E-state index in [-0.39, 0.29) is 10.6 Å². The van der Waals surface area contributed by atoms with Gasteiger partial charge in [-0.05, 0) is 37.1 Å². The molecule has 0 aliphatic heterocycles. The summed E-state index contributed by atoms with van der Waals surface area (Å²) in [5, 5.41) is 9.49. The van der Waals surface area contributed by atoms with Crippen molar-refractivity contribution in [3.63, 3.8) is 0 Å². The van der Waals surface area contributed by atoms with Crippen molar-refractivity contribution in [2.45, 2.75) is 18.7 Å². The van der Waals surface area contributed by atoms with Crippen LogP contribution in [-0.4, -0.2) is 25.1 Å². The second-order valence-corrected chi connectivity index (χ2v) is 7.32. The van der Waals surface area contributed by atoms with Crippen molar-refractivity contribution in [2.24, 2.45) is 0 Å². The normalized spacial score (nSPS) is 15.5. The van der Waals surface area contributed by atoms with Crippen molar-refractivity contribution in [3.8, 4) is 5.75 Å². The lowest BCUT2D eigenvalue weighted by Crippen LogP contribution is -2.05. The van der Waals surface area contributed by atoms with Crippen LogP contribution in [0, 0.1) is 13.8 Å². The van der Waals surface area contributed by atoms with E-state index in [0.29, 0.717) is 11.1 Å². The maximum Gasteiger partial charge on any atom is 0.339 e. The van der Waals surface area contributed by atoms with Gasteiger partial charge in [-0.25, -0.2) is 0 Å². The molecule has 1 unspecified atom stereocenters. The van der Waals surface area contributed by atoms with E-state index in [0.717, 1.165) is 6.66 Å². The van der Waals surface area contributed by atoms with Gasteiger partial charge in [0.2, 0.25) is 0 Å². The number of hydrogen-bond acceptors (Lipinski definition) is 5. The highest BCUT2D eigenvalue weighted by Gasteiger charge is 2.25. The lowest BCUT2D eigenvalue weighted by Gasteiger charge is -2.10. The molecule has 6 nitrogen and oxygen atoms in total. The molecule has 8 heteroatoms. The Bertz CT molecular complexity index is 562. The third-order valence-corrected chi connectivity index (χ3v) is 4.69. The molecule has 0 saturated carbocycles. The third kappa shape index (κ3) is 3.54. The van der Waals surface area contributed by atoms with Gasteiger partial charge in [-0.3, -0.25) is 4.57 Å². The Morgan fingerprint density at radius 1 is 1.24 bits per heavy atom. The minimum Gasteiger partial charge on any atom is -0.507 e. The summed E-state index contributed by atoms with van der Waals surface area (Å²) >= 11 is 0. The highest BCUT2D eigenvalue weighted by Crippen LogP contribution is 2.41. The lowest BCUT2D eigenvalue weighted by atomic mass is 10.1. The SMILES string of the molecule is Cc1cc(S(=O)(=O)OP(C)(=O)O)cc(C)c1O. The number of rotatable bonds is 3. The quantitative estimate of drug-likeness (QED) is 0.814. The van der Waals surface area contributed by atoms with Crippen molar-refractivity contribution in [1.29, 1.82) is 0 Å². The Kier molecular flexibility index (Phi) is 3.69. The number of phenolic OH excluding ortho intramolecular Hbond substituents is 1. The summed E-state index contributed by atoms with van der Waals surface area (Å²) < 4.78 is 38.4. The van der Waals surface area contributed by atoms with Gasteiger partial charge in [0.1, 0.15) is 5.75 Å². The van der Waals surface area contributed by atoms with Crippen LogP contribution in [0.4, 0.5) is 0 Å². The van der Waals surface area contributed by atoms with Gasteiger partial charge in [0.05, 0.1) is 4.90 Å². The first kappa shape index (κ1) is 14.2. The minimum absolute atomic E-state index is 0.0207. The Morgan fingerprint density at radius 3 is 2.00 bits per heavy atom. The predicted octanol–water partition coefficient (Wildman–Crippen LogP) is 1.53. The van der Waals surface area contributed by atoms with E-state index in [1.807, 2.05) is 0 Å². The van der Waals surface area contributed by atoms with Crippen molar-refractivity contribution < 1.29 is 27.0 Å². The first-order valence-corrected chi connectivity index (χ1v) is 8.03. The van der Waals surface area contributed by atoms with Crippen LogP contribution in [0.5, 0.6) is 5.75 Å². The number of aromatic hydroxyl groups is 1. The van der Waals surface area contributed by atoms with E-state index in [2.05, 4.69) is 3.97 Å². The smallest absolute Gasteiger partial charge is 0.339 e. The second kappa shape index (κ2) is 4.42. The molecule has 0 aliphatic rings. The molecular formula is C9H13O6PS. The fraction of sp³-hybridized carbons (Fsp3) is 0.333. The molecule has 0 amide bonds. The van der Waals surface area contributed by atoms with Gasteiger partial charge in [0.15, 0.2) is 0 Å². The molecule has 0 heterocycles. The zero-order valence-corrected chi connectivity index (χ0v) is 11.2. The van der Waals surface area contributed by atoms with E-state index < -0.39 is 17.7 Å². The van der Waals surface area contributed by atoms with Crippen LogP contribution in [0.3, 0.4) is 0 Å². The van der Waals surface area contributed by atoms with Gasteiger partial charge in [-0.15, -0.1) is 0 Å². The fourth-order valence-corrected chi connectivity index (χ4v) is 3.73. The van der Waals surface area contributed by atoms with Gasteiger partial charge < -0.3 is 10.00 Å². The van der Waals surface area contributed by atoms with Gasteiger partial charge in [-0.1, -0.05) is 0 Å². The standard InChI is InChI=1S/C9H13O6PS/c1-6-4-8(5-7(2)9(6)10)17(13,14)15-16(3,11)12/h4-5,10H,1-3H3,(H,11,12). The zero-order valence-electron chi connectivity index (χ0n) is 9.54. The summed E-state index contributed by atoms with van der Waals surface area (Å²) in [5.41, 5.74) is 0.687. The van der Waals surface area contributed by atoms with E-state index >= 15 is 0 Å². The maximum atomic E-state index is 11.6.